The van der Waals surface area contributed by atoms with Crippen molar-refractivity contribution in [2.24, 2.45) is 0 Å². The predicted octanol–water partition coefficient (Wildman–Crippen LogP) is 4.75. The largest absolute Gasteiger partial charge is 0.497 e. The van der Waals surface area contributed by atoms with E-state index in [-0.39, 0.29) is 10.9 Å². The van der Waals surface area contributed by atoms with Gasteiger partial charge >= 0.3 is 0 Å². The van der Waals surface area contributed by atoms with Crippen molar-refractivity contribution in [3.05, 3.63) is 57.0 Å². The molecule has 0 saturated carbocycles. The third kappa shape index (κ3) is 3.40. The Bertz CT molecular complexity index is 855. The van der Waals surface area contributed by atoms with Crippen LogP contribution in [-0.4, -0.2) is 26.4 Å². The van der Waals surface area contributed by atoms with Crippen LogP contribution >= 0.6 is 31.9 Å². The van der Waals surface area contributed by atoms with Gasteiger partial charge in [0.25, 0.3) is 0 Å². The molecule has 0 unspecified atom stereocenters. The van der Waals surface area contributed by atoms with Gasteiger partial charge < -0.3 is 4.74 Å². The fourth-order valence-electron chi connectivity index (χ4n) is 3.01. The van der Waals surface area contributed by atoms with Gasteiger partial charge in [0.2, 0.25) is 10.0 Å². The van der Waals surface area contributed by atoms with Gasteiger partial charge in [0.1, 0.15) is 5.75 Å². The van der Waals surface area contributed by atoms with Crippen LogP contribution in [0.1, 0.15) is 24.4 Å². The SMILES string of the molecule is COc1cccc([C@@H]2CCCN2S(=O)(=O)c2cc(Br)ccc2Br)c1. The summed E-state index contributed by atoms with van der Waals surface area (Å²) in [6.45, 7) is 0.517. The fourth-order valence-corrected chi connectivity index (χ4v) is 6.16. The van der Waals surface area contributed by atoms with Crippen LogP contribution in [0.25, 0.3) is 0 Å². The lowest BCUT2D eigenvalue weighted by Crippen LogP contribution is -2.31. The molecular formula is C17H17Br2NO3S. The minimum Gasteiger partial charge on any atom is -0.497 e. The Balaban J connectivity index is 2.01. The molecule has 1 aliphatic heterocycles. The molecule has 2 aromatic carbocycles. The molecule has 128 valence electrons. The van der Waals surface area contributed by atoms with E-state index >= 15 is 0 Å². The van der Waals surface area contributed by atoms with E-state index in [4.69, 9.17) is 4.74 Å². The topological polar surface area (TPSA) is 46.6 Å². The molecule has 1 saturated heterocycles. The molecule has 0 spiro atoms. The summed E-state index contributed by atoms with van der Waals surface area (Å²) < 4.78 is 34.6. The quantitative estimate of drug-likeness (QED) is 0.642. The smallest absolute Gasteiger partial charge is 0.244 e. The van der Waals surface area contributed by atoms with Crippen LogP contribution in [0.5, 0.6) is 5.75 Å². The Morgan fingerprint density at radius 1 is 1.17 bits per heavy atom. The summed E-state index contributed by atoms with van der Waals surface area (Å²) >= 11 is 6.72. The maximum absolute atomic E-state index is 13.2. The summed E-state index contributed by atoms with van der Waals surface area (Å²) in [7, 11) is -1.98. The fraction of sp³-hybridized carbons (Fsp3) is 0.294. The molecule has 1 atom stereocenters. The highest BCUT2D eigenvalue weighted by Crippen LogP contribution is 2.39. The Kier molecular flexibility index (Phi) is 5.34. The van der Waals surface area contributed by atoms with E-state index in [2.05, 4.69) is 31.9 Å². The average molecular weight is 475 g/mol. The van der Waals surface area contributed by atoms with Gasteiger partial charge in [0.15, 0.2) is 0 Å². The van der Waals surface area contributed by atoms with E-state index in [1.165, 1.54) is 0 Å². The van der Waals surface area contributed by atoms with E-state index in [0.717, 1.165) is 28.6 Å². The summed E-state index contributed by atoms with van der Waals surface area (Å²) in [5.74, 6) is 0.736. The normalized spacial score (nSPS) is 18.7. The van der Waals surface area contributed by atoms with Crippen molar-refractivity contribution in [1.29, 1.82) is 0 Å². The van der Waals surface area contributed by atoms with Crippen molar-refractivity contribution in [1.82, 2.24) is 4.31 Å². The van der Waals surface area contributed by atoms with E-state index in [1.54, 1.807) is 23.5 Å². The predicted molar refractivity (Wildman–Crippen MR) is 101 cm³/mol. The number of halogens is 2. The number of methoxy groups -OCH3 is 1. The number of rotatable bonds is 4. The molecule has 4 nitrogen and oxygen atoms in total. The minimum absolute atomic E-state index is 0.170. The first kappa shape index (κ1) is 17.9. The Hall–Kier alpha value is -0.890. The first-order valence-electron chi connectivity index (χ1n) is 7.54. The molecule has 0 aromatic heterocycles. The summed E-state index contributed by atoms with van der Waals surface area (Å²) in [6.07, 6.45) is 1.64. The van der Waals surface area contributed by atoms with Gasteiger partial charge in [0.05, 0.1) is 18.0 Å². The lowest BCUT2D eigenvalue weighted by Gasteiger charge is -2.25. The van der Waals surface area contributed by atoms with Crippen LogP contribution in [0, 0.1) is 0 Å². The summed E-state index contributed by atoms with van der Waals surface area (Å²) in [6, 6.07) is 12.6. The number of hydrogen-bond acceptors (Lipinski definition) is 3. The van der Waals surface area contributed by atoms with E-state index in [0.29, 0.717) is 11.0 Å². The first-order valence-corrected chi connectivity index (χ1v) is 10.6. The molecule has 0 N–H and O–H groups in total. The minimum atomic E-state index is -3.59. The van der Waals surface area contributed by atoms with Gasteiger partial charge in [-0.2, -0.15) is 4.31 Å². The molecule has 0 amide bonds. The van der Waals surface area contributed by atoms with Gasteiger partial charge in [-0.05, 0) is 64.7 Å². The zero-order valence-electron chi connectivity index (χ0n) is 13.1. The van der Waals surface area contributed by atoms with Crippen molar-refractivity contribution in [2.45, 2.75) is 23.8 Å². The number of hydrogen-bond donors (Lipinski definition) is 0. The molecule has 1 heterocycles. The van der Waals surface area contributed by atoms with Crippen LogP contribution in [-0.2, 0) is 10.0 Å². The van der Waals surface area contributed by atoms with Crippen molar-refractivity contribution < 1.29 is 13.2 Å². The maximum atomic E-state index is 13.2. The Morgan fingerprint density at radius 3 is 2.71 bits per heavy atom. The third-order valence-corrected chi connectivity index (χ3v) is 7.56. The molecule has 2 aromatic rings. The molecule has 3 rings (SSSR count). The first-order chi connectivity index (χ1) is 11.4. The molecule has 0 radical (unpaired) electrons. The highest BCUT2D eigenvalue weighted by atomic mass is 79.9. The van der Waals surface area contributed by atoms with Crippen molar-refractivity contribution in [3.8, 4) is 5.75 Å². The van der Waals surface area contributed by atoms with Gasteiger partial charge in [-0.3, -0.25) is 0 Å². The molecular weight excluding hydrogens is 458 g/mol. The molecule has 1 fully saturated rings. The van der Waals surface area contributed by atoms with E-state index < -0.39 is 10.0 Å². The average Bonchev–Trinajstić information content (AvgIpc) is 3.07. The number of sulfonamides is 1. The van der Waals surface area contributed by atoms with Gasteiger partial charge in [-0.1, -0.05) is 28.1 Å². The van der Waals surface area contributed by atoms with Crippen molar-refractivity contribution >= 4 is 41.9 Å². The van der Waals surface area contributed by atoms with E-state index in [1.807, 2.05) is 30.3 Å². The monoisotopic (exact) mass is 473 g/mol. The van der Waals surface area contributed by atoms with Gasteiger partial charge in [0, 0.05) is 15.5 Å². The molecule has 24 heavy (non-hydrogen) atoms. The maximum Gasteiger partial charge on any atom is 0.244 e. The van der Waals surface area contributed by atoms with E-state index in [9.17, 15) is 8.42 Å². The highest BCUT2D eigenvalue weighted by Gasteiger charge is 2.37. The van der Waals surface area contributed by atoms with Crippen LogP contribution < -0.4 is 4.74 Å². The Labute approximate surface area is 159 Å². The summed E-state index contributed by atoms with van der Waals surface area (Å²) in [5, 5.41) is 0. The second-order valence-corrected chi connectivity index (χ2v) is 9.25. The van der Waals surface area contributed by atoms with Crippen LogP contribution in [0.15, 0.2) is 56.3 Å². The highest BCUT2D eigenvalue weighted by molar-refractivity contribution is 9.11. The molecule has 1 aliphatic rings. The second kappa shape index (κ2) is 7.15. The lowest BCUT2D eigenvalue weighted by molar-refractivity contribution is 0.390. The Morgan fingerprint density at radius 2 is 1.96 bits per heavy atom. The summed E-state index contributed by atoms with van der Waals surface area (Å²) in [4.78, 5) is 0.284. The zero-order valence-corrected chi connectivity index (χ0v) is 17.1. The van der Waals surface area contributed by atoms with Crippen LogP contribution in [0.2, 0.25) is 0 Å². The van der Waals surface area contributed by atoms with Crippen molar-refractivity contribution in [3.63, 3.8) is 0 Å². The van der Waals surface area contributed by atoms with Crippen LogP contribution in [0.3, 0.4) is 0 Å². The molecule has 7 heteroatoms. The molecule has 0 aliphatic carbocycles. The summed E-state index contributed by atoms with van der Waals surface area (Å²) in [5.41, 5.74) is 0.960. The zero-order chi connectivity index (χ0) is 17.3. The number of ether oxygens (including phenoxy) is 1. The molecule has 0 bridgehead atoms. The standard InChI is InChI=1S/C17H17Br2NO3S/c1-23-14-5-2-4-12(10-14)16-6-3-9-20(16)24(21,22)17-11-13(18)7-8-15(17)19/h2,4-5,7-8,10-11,16H,3,6,9H2,1H3/t16-/m0/s1. The van der Waals surface area contributed by atoms with Crippen LogP contribution in [0.4, 0.5) is 0 Å². The van der Waals surface area contributed by atoms with Gasteiger partial charge in [-0.15, -0.1) is 0 Å². The van der Waals surface area contributed by atoms with Crippen molar-refractivity contribution in [2.75, 3.05) is 13.7 Å². The third-order valence-electron chi connectivity index (χ3n) is 4.16. The number of benzene rings is 2. The van der Waals surface area contributed by atoms with Gasteiger partial charge in [-0.25, -0.2) is 8.42 Å². The lowest BCUT2D eigenvalue weighted by atomic mass is 10.1. The second-order valence-electron chi connectivity index (χ2n) is 5.63. The number of nitrogens with zero attached hydrogens (tertiary/aromatic N) is 1.